The van der Waals surface area contributed by atoms with Crippen LogP contribution in [0.4, 0.5) is 5.82 Å². The minimum atomic E-state index is 0.529. The number of fused-ring (bicyclic) bond motifs is 1. The molecule has 0 aliphatic heterocycles. The van der Waals surface area contributed by atoms with Crippen LogP contribution in [0, 0.1) is 0 Å². The smallest absolute Gasteiger partial charge is 0.178 e. The first-order valence-corrected chi connectivity index (χ1v) is 8.52. The first kappa shape index (κ1) is 14.9. The molecule has 0 saturated heterocycles. The molecule has 0 radical (unpaired) electrons. The van der Waals surface area contributed by atoms with Crippen molar-refractivity contribution in [3.63, 3.8) is 0 Å². The van der Waals surface area contributed by atoms with Crippen molar-refractivity contribution in [2.24, 2.45) is 0 Å². The Morgan fingerprint density at radius 1 is 1.17 bits per heavy atom. The lowest BCUT2D eigenvalue weighted by molar-refractivity contribution is 0.336. The Hall–Kier alpha value is -2.63. The highest BCUT2D eigenvalue weighted by Gasteiger charge is 2.29. The summed E-state index contributed by atoms with van der Waals surface area (Å²) in [6.07, 6.45) is 3.26. The maximum absolute atomic E-state index is 5.67. The number of ether oxygens (including phenoxy) is 1. The van der Waals surface area contributed by atoms with E-state index in [-0.39, 0.29) is 0 Å². The molecule has 0 bridgehead atoms. The Kier molecular flexibility index (Phi) is 4.02. The maximum Gasteiger partial charge on any atom is 0.178 e. The summed E-state index contributed by atoms with van der Waals surface area (Å²) in [7, 11) is 0. The third-order valence-electron chi connectivity index (χ3n) is 4.20. The predicted octanol–water partition coefficient (Wildman–Crippen LogP) is 3.06. The highest BCUT2D eigenvalue weighted by molar-refractivity contribution is 5.45. The molecule has 0 amide bonds. The van der Waals surface area contributed by atoms with Gasteiger partial charge in [-0.2, -0.15) is 4.52 Å². The van der Waals surface area contributed by atoms with Crippen LogP contribution < -0.4 is 10.1 Å². The fourth-order valence-electron chi connectivity index (χ4n) is 2.83. The summed E-state index contributed by atoms with van der Waals surface area (Å²) >= 11 is 0. The van der Waals surface area contributed by atoms with Gasteiger partial charge in [0.15, 0.2) is 11.5 Å². The van der Waals surface area contributed by atoms with E-state index < -0.39 is 0 Å². The summed E-state index contributed by atoms with van der Waals surface area (Å²) in [5.74, 6) is 3.31. The van der Waals surface area contributed by atoms with E-state index in [1.165, 1.54) is 18.4 Å². The van der Waals surface area contributed by atoms with Crippen LogP contribution in [-0.2, 0) is 6.42 Å². The lowest BCUT2D eigenvalue weighted by Crippen LogP contribution is -2.09. The van der Waals surface area contributed by atoms with Crippen LogP contribution in [0.5, 0.6) is 5.75 Å². The molecule has 0 atom stereocenters. The fraction of sp³-hybridized carbons (Fsp3) is 0.389. The lowest BCUT2D eigenvalue weighted by atomic mass is 10.1. The second kappa shape index (κ2) is 6.47. The third-order valence-corrected chi connectivity index (χ3v) is 4.20. The van der Waals surface area contributed by atoms with Crippen LogP contribution in [0.1, 0.15) is 37.1 Å². The molecule has 6 nitrogen and oxygen atoms in total. The largest absolute Gasteiger partial charge is 0.494 e. The van der Waals surface area contributed by atoms with Gasteiger partial charge in [0, 0.05) is 12.5 Å². The Bertz CT molecular complexity index is 840. The standard InChI is InChI=1S/C18H21N5O/c1-2-24-15-6-4-3-5-13(15)11-12-19-16-9-10-17-20-21-18(14-7-8-14)23(17)22-16/h3-6,9-10,14H,2,7-8,11-12H2,1H3,(H,19,22). The van der Waals surface area contributed by atoms with E-state index in [1.807, 2.05) is 41.8 Å². The van der Waals surface area contributed by atoms with E-state index in [0.29, 0.717) is 12.5 Å². The van der Waals surface area contributed by atoms with E-state index in [9.17, 15) is 0 Å². The number of para-hydroxylation sites is 1. The molecule has 4 rings (SSSR count). The van der Waals surface area contributed by atoms with Crippen molar-refractivity contribution in [1.29, 1.82) is 0 Å². The number of nitrogens with one attached hydrogen (secondary N) is 1. The Morgan fingerprint density at radius 2 is 2.04 bits per heavy atom. The monoisotopic (exact) mass is 323 g/mol. The Balaban J connectivity index is 1.44. The van der Waals surface area contributed by atoms with Gasteiger partial charge in [-0.05, 0) is 49.9 Å². The molecule has 1 fully saturated rings. The first-order valence-electron chi connectivity index (χ1n) is 8.52. The van der Waals surface area contributed by atoms with Crippen molar-refractivity contribution in [2.75, 3.05) is 18.5 Å². The SMILES string of the molecule is CCOc1ccccc1CCNc1ccc2nnc(C3CC3)n2n1. The summed E-state index contributed by atoms with van der Waals surface area (Å²) in [6.45, 7) is 3.48. The van der Waals surface area contributed by atoms with E-state index >= 15 is 0 Å². The maximum atomic E-state index is 5.67. The molecule has 1 aliphatic carbocycles. The predicted molar refractivity (Wildman–Crippen MR) is 92.6 cm³/mol. The molecule has 2 heterocycles. The van der Waals surface area contributed by atoms with E-state index in [4.69, 9.17) is 4.74 Å². The van der Waals surface area contributed by atoms with Gasteiger partial charge in [0.1, 0.15) is 11.6 Å². The molecule has 1 N–H and O–H groups in total. The molecule has 1 saturated carbocycles. The van der Waals surface area contributed by atoms with E-state index in [0.717, 1.165) is 36.0 Å². The number of aromatic nitrogens is 4. The zero-order valence-corrected chi connectivity index (χ0v) is 13.8. The van der Waals surface area contributed by atoms with Gasteiger partial charge in [-0.15, -0.1) is 15.3 Å². The van der Waals surface area contributed by atoms with Gasteiger partial charge in [-0.25, -0.2) is 0 Å². The van der Waals surface area contributed by atoms with Crippen molar-refractivity contribution in [1.82, 2.24) is 19.8 Å². The van der Waals surface area contributed by atoms with Crippen LogP contribution in [0.25, 0.3) is 5.65 Å². The lowest BCUT2D eigenvalue weighted by Gasteiger charge is -2.11. The highest BCUT2D eigenvalue weighted by atomic mass is 16.5. The normalized spacial score (nSPS) is 14.0. The van der Waals surface area contributed by atoms with Crippen molar-refractivity contribution in [3.05, 3.63) is 47.8 Å². The summed E-state index contributed by atoms with van der Waals surface area (Å²) < 4.78 is 7.54. The molecule has 1 aromatic carbocycles. The molecule has 1 aliphatic rings. The number of rotatable bonds is 7. The zero-order valence-electron chi connectivity index (χ0n) is 13.8. The molecule has 24 heavy (non-hydrogen) atoms. The van der Waals surface area contributed by atoms with Crippen molar-refractivity contribution in [3.8, 4) is 5.75 Å². The first-order chi connectivity index (χ1) is 11.8. The van der Waals surface area contributed by atoms with Crippen LogP contribution >= 0.6 is 0 Å². The van der Waals surface area contributed by atoms with Crippen molar-refractivity contribution in [2.45, 2.75) is 32.1 Å². The second-order valence-electron chi connectivity index (χ2n) is 6.04. The molecule has 3 aromatic rings. The van der Waals surface area contributed by atoms with Crippen molar-refractivity contribution >= 4 is 11.5 Å². The number of hydrogen-bond acceptors (Lipinski definition) is 5. The number of benzene rings is 1. The van der Waals surface area contributed by atoms with Crippen molar-refractivity contribution < 1.29 is 4.74 Å². The van der Waals surface area contributed by atoms with Gasteiger partial charge in [-0.3, -0.25) is 0 Å². The molecular weight excluding hydrogens is 302 g/mol. The molecular formula is C18H21N5O. The molecule has 2 aromatic heterocycles. The summed E-state index contributed by atoms with van der Waals surface area (Å²) in [5, 5.41) is 16.5. The second-order valence-corrected chi connectivity index (χ2v) is 6.04. The van der Waals surface area contributed by atoms with Crippen LogP contribution in [0.15, 0.2) is 36.4 Å². The molecule has 6 heteroatoms. The minimum Gasteiger partial charge on any atom is -0.494 e. The highest BCUT2D eigenvalue weighted by Crippen LogP contribution is 2.38. The summed E-state index contributed by atoms with van der Waals surface area (Å²) in [5.41, 5.74) is 2.01. The number of anilines is 1. The Morgan fingerprint density at radius 3 is 2.88 bits per heavy atom. The topological polar surface area (TPSA) is 64.3 Å². The van der Waals surface area contributed by atoms with E-state index in [2.05, 4.69) is 26.7 Å². The van der Waals surface area contributed by atoms with Crippen LogP contribution in [-0.4, -0.2) is 33.0 Å². The fourth-order valence-corrected chi connectivity index (χ4v) is 2.83. The quantitative estimate of drug-likeness (QED) is 0.724. The van der Waals surface area contributed by atoms with Gasteiger partial charge < -0.3 is 10.1 Å². The Labute approximate surface area is 140 Å². The van der Waals surface area contributed by atoms with Crippen LogP contribution in [0.2, 0.25) is 0 Å². The molecule has 124 valence electrons. The van der Waals surface area contributed by atoms with E-state index in [1.54, 1.807) is 0 Å². The molecule has 0 unspecified atom stereocenters. The van der Waals surface area contributed by atoms with Gasteiger partial charge >= 0.3 is 0 Å². The third kappa shape index (κ3) is 3.04. The number of hydrogen-bond donors (Lipinski definition) is 1. The minimum absolute atomic E-state index is 0.529. The number of nitrogens with zero attached hydrogens (tertiary/aromatic N) is 4. The van der Waals surface area contributed by atoms with Gasteiger partial charge in [0.05, 0.1) is 6.61 Å². The van der Waals surface area contributed by atoms with Gasteiger partial charge in [0.2, 0.25) is 0 Å². The summed E-state index contributed by atoms with van der Waals surface area (Å²) in [6, 6.07) is 12.1. The van der Waals surface area contributed by atoms with Crippen LogP contribution in [0.3, 0.4) is 0 Å². The van der Waals surface area contributed by atoms with Gasteiger partial charge in [0.25, 0.3) is 0 Å². The zero-order chi connectivity index (χ0) is 16.4. The molecule has 0 spiro atoms. The summed E-state index contributed by atoms with van der Waals surface area (Å²) in [4.78, 5) is 0. The van der Waals surface area contributed by atoms with Gasteiger partial charge in [-0.1, -0.05) is 18.2 Å². The average Bonchev–Trinajstić information content (AvgIpc) is 3.36. The average molecular weight is 323 g/mol.